The molecule has 0 aliphatic heterocycles. The first-order valence-corrected chi connectivity index (χ1v) is 9.02. The Morgan fingerprint density at radius 1 is 1.18 bits per heavy atom. The fourth-order valence-electron chi connectivity index (χ4n) is 2.65. The minimum atomic E-state index is -0.440. The van der Waals surface area contributed by atoms with Gasteiger partial charge < -0.3 is 9.73 Å². The van der Waals surface area contributed by atoms with Gasteiger partial charge in [-0.2, -0.15) is 0 Å². The first-order chi connectivity index (χ1) is 13.4. The number of carbonyl (C=O) groups is 1. The lowest BCUT2D eigenvalue weighted by molar-refractivity contribution is -0.384. The molecule has 28 heavy (non-hydrogen) atoms. The van der Waals surface area contributed by atoms with E-state index in [0.29, 0.717) is 35.3 Å². The standard InChI is InChI=1S/C20H18ClN3O4/c1-13-18(23-20(28-13)15-4-6-16(21)7-5-15)12-19(25)22-11-10-14-2-8-17(9-3-14)24(26)27/h2-9H,10-12H2,1H3,(H,22,25). The second kappa shape index (κ2) is 8.67. The van der Waals surface area contributed by atoms with Crippen molar-refractivity contribution in [2.24, 2.45) is 0 Å². The van der Waals surface area contributed by atoms with Crippen molar-refractivity contribution in [1.29, 1.82) is 0 Å². The number of benzene rings is 2. The summed E-state index contributed by atoms with van der Waals surface area (Å²) < 4.78 is 5.66. The van der Waals surface area contributed by atoms with Crippen molar-refractivity contribution < 1.29 is 14.1 Å². The number of amides is 1. The maximum Gasteiger partial charge on any atom is 0.269 e. The number of carbonyl (C=O) groups excluding carboxylic acids is 1. The van der Waals surface area contributed by atoms with Crippen LogP contribution in [0.15, 0.2) is 52.9 Å². The van der Waals surface area contributed by atoms with E-state index in [1.54, 1.807) is 31.2 Å². The van der Waals surface area contributed by atoms with Crippen molar-refractivity contribution in [2.75, 3.05) is 6.54 Å². The number of nitro benzene ring substituents is 1. The Bertz CT molecular complexity index is 982. The maximum absolute atomic E-state index is 12.2. The Morgan fingerprint density at radius 3 is 2.50 bits per heavy atom. The van der Waals surface area contributed by atoms with Crippen molar-refractivity contribution in [2.45, 2.75) is 19.8 Å². The Labute approximate surface area is 166 Å². The number of aromatic nitrogens is 1. The Morgan fingerprint density at radius 2 is 1.86 bits per heavy atom. The molecule has 1 aromatic heterocycles. The summed E-state index contributed by atoms with van der Waals surface area (Å²) in [7, 11) is 0. The summed E-state index contributed by atoms with van der Waals surface area (Å²) in [6, 6.07) is 13.4. The highest BCUT2D eigenvalue weighted by Crippen LogP contribution is 2.23. The molecule has 0 aliphatic carbocycles. The van der Waals surface area contributed by atoms with Gasteiger partial charge in [-0.15, -0.1) is 0 Å². The number of oxazole rings is 1. The molecule has 8 heteroatoms. The third-order valence-corrected chi connectivity index (χ3v) is 4.45. The number of nitrogens with one attached hydrogen (secondary N) is 1. The van der Waals surface area contributed by atoms with Gasteiger partial charge in [0, 0.05) is 29.3 Å². The van der Waals surface area contributed by atoms with E-state index in [2.05, 4.69) is 10.3 Å². The largest absolute Gasteiger partial charge is 0.441 e. The smallest absolute Gasteiger partial charge is 0.269 e. The van der Waals surface area contributed by atoms with Gasteiger partial charge in [0.05, 0.1) is 17.0 Å². The average Bonchev–Trinajstić information content (AvgIpc) is 3.03. The molecule has 0 radical (unpaired) electrons. The number of nitro groups is 1. The maximum atomic E-state index is 12.2. The molecule has 144 valence electrons. The van der Waals surface area contributed by atoms with Crippen LogP contribution in [0.1, 0.15) is 17.0 Å². The van der Waals surface area contributed by atoms with Gasteiger partial charge in [-0.05, 0) is 43.2 Å². The van der Waals surface area contributed by atoms with Crippen LogP contribution in [0.4, 0.5) is 5.69 Å². The topological polar surface area (TPSA) is 98.3 Å². The Kier molecular flexibility index (Phi) is 6.06. The number of halogens is 1. The van der Waals surface area contributed by atoms with E-state index in [0.717, 1.165) is 11.1 Å². The van der Waals surface area contributed by atoms with Gasteiger partial charge >= 0.3 is 0 Å². The highest BCUT2D eigenvalue weighted by molar-refractivity contribution is 6.30. The summed E-state index contributed by atoms with van der Waals surface area (Å²) in [6.07, 6.45) is 0.695. The molecule has 0 aliphatic rings. The highest BCUT2D eigenvalue weighted by atomic mass is 35.5. The third kappa shape index (κ3) is 4.95. The summed E-state index contributed by atoms with van der Waals surface area (Å²) in [6.45, 7) is 2.20. The lowest BCUT2D eigenvalue weighted by Crippen LogP contribution is -2.27. The molecule has 1 N–H and O–H groups in total. The zero-order valence-electron chi connectivity index (χ0n) is 15.1. The van der Waals surface area contributed by atoms with Gasteiger partial charge in [-0.1, -0.05) is 23.7 Å². The SMILES string of the molecule is Cc1oc(-c2ccc(Cl)cc2)nc1CC(=O)NCCc1ccc([N+](=O)[O-])cc1. The first-order valence-electron chi connectivity index (χ1n) is 8.64. The minimum absolute atomic E-state index is 0.0470. The van der Waals surface area contributed by atoms with Crippen LogP contribution in [0.3, 0.4) is 0 Å². The van der Waals surface area contributed by atoms with Crippen LogP contribution in [0.2, 0.25) is 5.02 Å². The van der Waals surface area contributed by atoms with Gasteiger partial charge in [0.25, 0.3) is 5.69 Å². The second-order valence-corrected chi connectivity index (χ2v) is 6.67. The Balaban J connectivity index is 1.53. The van der Waals surface area contributed by atoms with Crippen LogP contribution in [0.25, 0.3) is 11.5 Å². The van der Waals surface area contributed by atoms with E-state index in [1.807, 2.05) is 12.1 Å². The van der Waals surface area contributed by atoms with Crippen molar-refractivity contribution in [1.82, 2.24) is 10.3 Å². The molecule has 3 aromatic rings. The van der Waals surface area contributed by atoms with Gasteiger partial charge in [0.15, 0.2) is 0 Å². The zero-order chi connectivity index (χ0) is 20.1. The van der Waals surface area contributed by atoms with Gasteiger partial charge in [0.1, 0.15) is 5.76 Å². The number of aryl methyl sites for hydroxylation is 1. The van der Waals surface area contributed by atoms with Crippen molar-refractivity contribution >= 4 is 23.2 Å². The molecular weight excluding hydrogens is 382 g/mol. The molecule has 2 aromatic carbocycles. The molecule has 0 atom stereocenters. The molecule has 7 nitrogen and oxygen atoms in total. The van der Waals surface area contributed by atoms with E-state index >= 15 is 0 Å². The monoisotopic (exact) mass is 399 g/mol. The third-order valence-electron chi connectivity index (χ3n) is 4.19. The lowest BCUT2D eigenvalue weighted by Gasteiger charge is -2.04. The van der Waals surface area contributed by atoms with Gasteiger partial charge in [-0.25, -0.2) is 4.98 Å². The molecule has 0 spiro atoms. The number of hydrogen-bond donors (Lipinski definition) is 1. The van der Waals surface area contributed by atoms with Gasteiger partial charge in [0.2, 0.25) is 11.8 Å². The summed E-state index contributed by atoms with van der Waals surface area (Å²) in [5, 5.41) is 14.1. The van der Waals surface area contributed by atoms with Crippen LogP contribution in [-0.2, 0) is 17.6 Å². The number of non-ortho nitro benzene ring substituents is 1. The Hall–Kier alpha value is -3.19. The lowest BCUT2D eigenvalue weighted by atomic mass is 10.1. The molecule has 0 bridgehead atoms. The van der Waals surface area contributed by atoms with Gasteiger partial charge in [-0.3, -0.25) is 14.9 Å². The summed E-state index contributed by atoms with van der Waals surface area (Å²) >= 11 is 5.88. The molecular formula is C20H18ClN3O4. The van der Waals surface area contributed by atoms with Crippen LogP contribution in [0.5, 0.6) is 0 Å². The van der Waals surface area contributed by atoms with E-state index in [9.17, 15) is 14.9 Å². The van der Waals surface area contributed by atoms with Crippen molar-refractivity contribution in [3.8, 4) is 11.5 Å². The molecule has 0 fully saturated rings. The summed E-state index contributed by atoms with van der Waals surface area (Å²) in [4.78, 5) is 26.8. The molecule has 0 unspecified atom stereocenters. The first kappa shape index (κ1) is 19.6. The molecule has 0 saturated heterocycles. The van der Waals surface area contributed by atoms with E-state index in [4.69, 9.17) is 16.0 Å². The molecule has 1 heterocycles. The molecule has 1 amide bonds. The normalized spacial score (nSPS) is 10.6. The van der Waals surface area contributed by atoms with E-state index in [-0.39, 0.29) is 18.0 Å². The van der Waals surface area contributed by atoms with Crippen molar-refractivity contribution in [3.63, 3.8) is 0 Å². The summed E-state index contributed by atoms with van der Waals surface area (Å²) in [5.74, 6) is 0.874. The second-order valence-electron chi connectivity index (χ2n) is 6.23. The molecule has 3 rings (SSSR count). The summed E-state index contributed by atoms with van der Waals surface area (Å²) in [5.41, 5.74) is 2.33. The minimum Gasteiger partial charge on any atom is -0.441 e. The van der Waals surface area contributed by atoms with Crippen LogP contribution in [-0.4, -0.2) is 22.4 Å². The fourth-order valence-corrected chi connectivity index (χ4v) is 2.78. The number of nitrogens with zero attached hydrogens (tertiary/aromatic N) is 2. The predicted molar refractivity (Wildman–Crippen MR) is 105 cm³/mol. The number of rotatable bonds is 7. The van der Waals surface area contributed by atoms with Crippen LogP contribution >= 0.6 is 11.6 Å². The average molecular weight is 400 g/mol. The fraction of sp³-hybridized carbons (Fsp3) is 0.200. The van der Waals surface area contributed by atoms with Crippen LogP contribution in [0, 0.1) is 17.0 Å². The van der Waals surface area contributed by atoms with E-state index in [1.165, 1.54) is 12.1 Å². The van der Waals surface area contributed by atoms with Crippen LogP contribution < -0.4 is 5.32 Å². The number of hydrogen-bond acceptors (Lipinski definition) is 5. The van der Waals surface area contributed by atoms with E-state index < -0.39 is 4.92 Å². The molecule has 0 saturated carbocycles. The predicted octanol–water partition coefficient (Wildman–Crippen LogP) is 4.11. The highest BCUT2D eigenvalue weighted by Gasteiger charge is 2.14. The zero-order valence-corrected chi connectivity index (χ0v) is 15.9. The quantitative estimate of drug-likeness (QED) is 0.476. The van der Waals surface area contributed by atoms with Crippen molar-refractivity contribution in [3.05, 3.63) is 80.7 Å².